The molecule has 2 heterocycles. The zero-order valence-electron chi connectivity index (χ0n) is 20.3. The highest BCUT2D eigenvalue weighted by Crippen LogP contribution is 2.37. The molecule has 0 radical (unpaired) electrons. The molecule has 0 saturated carbocycles. The van der Waals surface area contributed by atoms with Gasteiger partial charge in [0.1, 0.15) is 5.82 Å². The maximum atomic E-state index is 5.22. The number of rotatable bonds is 8. The van der Waals surface area contributed by atoms with Gasteiger partial charge in [-0.3, -0.25) is 0 Å². The molecule has 1 aliphatic heterocycles. The summed E-state index contributed by atoms with van der Waals surface area (Å²) in [4.78, 5) is 15.2. The van der Waals surface area contributed by atoms with E-state index in [4.69, 9.17) is 9.97 Å². The second-order valence-corrected chi connectivity index (χ2v) is 9.30. The predicted molar refractivity (Wildman–Crippen MR) is 129 cm³/mol. The van der Waals surface area contributed by atoms with Crippen molar-refractivity contribution in [2.24, 2.45) is 0 Å². The minimum Gasteiger partial charge on any atom is -0.353 e. The molecule has 0 aliphatic carbocycles. The van der Waals surface area contributed by atoms with E-state index in [0.717, 1.165) is 24.6 Å². The third-order valence-corrected chi connectivity index (χ3v) is 6.35. The summed E-state index contributed by atoms with van der Waals surface area (Å²) in [5, 5.41) is 0. The van der Waals surface area contributed by atoms with Crippen LogP contribution in [0.5, 0.6) is 0 Å². The molecule has 0 fully saturated rings. The normalized spacial score (nSPS) is 13.5. The number of aromatic nitrogens is 2. The van der Waals surface area contributed by atoms with Crippen molar-refractivity contribution < 1.29 is 0 Å². The van der Waals surface area contributed by atoms with Crippen molar-refractivity contribution in [2.75, 3.05) is 16.3 Å². The summed E-state index contributed by atoms with van der Waals surface area (Å²) in [6.45, 7) is 18.9. The molecule has 0 bridgehead atoms. The van der Waals surface area contributed by atoms with Crippen molar-refractivity contribution in [3.63, 3.8) is 0 Å². The van der Waals surface area contributed by atoms with Crippen molar-refractivity contribution in [3.8, 4) is 0 Å². The Bertz CT molecular complexity index is 858. The van der Waals surface area contributed by atoms with E-state index in [0.29, 0.717) is 6.04 Å². The van der Waals surface area contributed by atoms with Crippen LogP contribution in [-0.2, 0) is 6.42 Å². The molecule has 0 unspecified atom stereocenters. The van der Waals surface area contributed by atoms with Gasteiger partial charge in [-0.1, -0.05) is 44.4 Å². The van der Waals surface area contributed by atoms with Gasteiger partial charge in [0, 0.05) is 35.6 Å². The maximum absolute atomic E-state index is 5.22. The topological polar surface area (TPSA) is 32.3 Å². The average molecular weight is 409 g/mol. The first-order valence-electron chi connectivity index (χ1n) is 11.8. The van der Waals surface area contributed by atoms with Crippen LogP contribution in [0, 0.1) is 27.7 Å². The first kappa shape index (κ1) is 22.6. The minimum atomic E-state index is 0.277. The third-order valence-electron chi connectivity index (χ3n) is 6.35. The number of aryl methyl sites for hydroxylation is 4. The third kappa shape index (κ3) is 4.33. The van der Waals surface area contributed by atoms with Crippen molar-refractivity contribution in [3.05, 3.63) is 40.1 Å². The minimum absolute atomic E-state index is 0.277. The van der Waals surface area contributed by atoms with Crippen LogP contribution in [0.25, 0.3) is 0 Å². The summed E-state index contributed by atoms with van der Waals surface area (Å²) in [6.07, 6.45) is 5.96. The highest BCUT2D eigenvalue weighted by Gasteiger charge is 2.31. The Hall–Kier alpha value is -2.10. The number of hydrogen-bond acceptors (Lipinski definition) is 4. The van der Waals surface area contributed by atoms with Crippen LogP contribution in [0.4, 0.5) is 17.5 Å². The van der Waals surface area contributed by atoms with Crippen LogP contribution < -0.4 is 9.80 Å². The predicted octanol–water partition coefficient (Wildman–Crippen LogP) is 6.59. The molecule has 2 aromatic rings. The monoisotopic (exact) mass is 408 g/mol. The molecule has 1 aromatic carbocycles. The molecular formula is C26H40N4. The molecule has 0 spiro atoms. The molecule has 4 heteroatoms. The molecule has 3 rings (SSSR count). The quantitative estimate of drug-likeness (QED) is 0.493. The zero-order chi connectivity index (χ0) is 22.0. The van der Waals surface area contributed by atoms with E-state index in [-0.39, 0.29) is 6.04 Å². The molecule has 0 saturated heterocycles. The fraction of sp³-hybridized carbons (Fsp3) is 0.615. The number of anilines is 3. The lowest BCUT2D eigenvalue weighted by atomic mass is 10.0. The van der Waals surface area contributed by atoms with E-state index in [2.05, 4.69) is 77.3 Å². The first-order valence-corrected chi connectivity index (χ1v) is 11.8. The van der Waals surface area contributed by atoms with Gasteiger partial charge in [-0.2, -0.15) is 4.98 Å². The van der Waals surface area contributed by atoms with Crippen LogP contribution in [0.1, 0.15) is 81.3 Å². The Kier molecular flexibility index (Phi) is 7.05. The standard InChI is InChI=1S/C26H40N4/c1-9-11-22(12-10-2)29-14-13-23-21(8)27-26(28-25(23)29)30(17(3)4)24-19(6)15-18(5)16-20(24)7/h15-17,22H,9-14H2,1-8H3. The van der Waals surface area contributed by atoms with E-state index in [9.17, 15) is 0 Å². The van der Waals surface area contributed by atoms with E-state index in [1.54, 1.807) is 0 Å². The first-order chi connectivity index (χ1) is 14.3. The van der Waals surface area contributed by atoms with Crippen molar-refractivity contribution in [1.29, 1.82) is 0 Å². The fourth-order valence-corrected chi connectivity index (χ4v) is 5.16. The van der Waals surface area contributed by atoms with Gasteiger partial charge in [0.15, 0.2) is 0 Å². The van der Waals surface area contributed by atoms with Crippen LogP contribution in [0.2, 0.25) is 0 Å². The van der Waals surface area contributed by atoms with E-state index in [1.807, 2.05) is 0 Å². The number of benzene rings is 1. The second-order valence-electron chi connectivity index (χ2n) is 9.30. The second kappa shape index (κ2) is 9.36. The molecule has 1 aromatic heterocycles. The van der Waals surface area contributed by atoms with Crippen molar-refractivity contribution in [1.82, 2.24) is 9.97 Å². The molecule has 164 valence electrons. The van der Waals surface area contributed by atoms with Crippen LogP contribution in [-0.4, -0.2) is 28.6 Å². The molecule has 1 aliphatic rings. The van der Waals surface area contributed by atoms with Crippen LogP contribution >= 0.6 is 0 Å². The van der Waals surface area contributed by atoms with Gasteiger partial charge in [0.05, 0.1) is 0 Å². The molecule has 0 amide bonds. The summed E-state index contributed by atoms with van der Waals surface area (Å²) in [5.41, 5.74) is 7.61. The summed E-state index contributed by atoms with van der Waals surface area (Å²) in [5.74, 6) is 2.02. The van der Waals surface area contributed by atoms with Crippen LogP contribution in [0.15, 0.2) is 12.1 Å². The van der Waals surface area contributed by atoms with Gasteiger partial charge in [0.25, 0.3) is 0 Å². The van der Waals surface area contributed by atoms with Gasteiger partial charge in [-0.25, -0.2) is 4.98 Å². The lowest BCUT2D eigenvalue weighted by Crippen LogP contribution is -2.35. The molecule has 0 atom stereocenters. The molecule has 4 nitrogen and oxygen atoms in total. The molecule has 0 N–H and O–H groups in total. The van der Waals surface area contributed by atoms with E-state index in [1.165, 1.54) is 59.4 Å². The Balaban J connectivity index is 2.11. The maximum Gasteiger partial charge on any atom is 0.232 e. The zero-order valence-corrected chi connectivity index (χ0v) is 20.3. The summed E-state index contributed by atoms with van der Waals surface area (Å²) < 4.78 is 0. The molecule has 30 heavy (non-hydrogen) atoms. The number of nitrogens with zero attached hydrogens (tertiary/aromatic N) is 4. The smallest absolute Gasteiger partial charge is 0.232 e. The Labute approximate surface area is 183 Å². The SMILES string of the molecule is CCCC(CCC)N1CCc2c(C)nc(N(c3c(C)cc(C)cc3C)C(C)C)nc21. The average Bonchev–Trinajstić information content (AvgIpc) is 3.08. The largest absolute Gasteiger partial charge is 0.353 e. The summed E-state index contributed by atoms with van der Waals surface area (Å²) in [6, 6.07) is 5.39. The lowest BCUT2D eigenvalue weighted by Gasteiger charge is -2.33. The Morgan fingerprint density at radius 2 is 1.57 bits per heavy atom. The van der Waals surface area contributed by atoms with Crippen molar-refractivity contribution >= 4 is 17.5 Å². The Morgan fingerprint density at radius 3 is 2.10 bits per heavy atom. The summed E-state index contributed by atoms with van der Waals surface area (Å²) in [7, 11) is 0. The molecular weight excluding hydrogens is 368 g/mol. The highest BCUT2D eigenvalue weighted by molar-refractivity contribution is 5.69. The van der Waals surface area contributed by atoms with Crippen molar-refractivity contribution in [2.45, 2.75) is 99.6 Å². The van der Waals surface area contributed by atoms with Gasteiger partial charge >= 0.3 is 0 Å². The van der Waals surface area contributed by atoms with Gasteiger partial charge in [0.2, 0.25) is 5.95 Å². The lowest BCUT2D eigenvalue weighted by molar-refractivity contribution is 0.511. The van der Waals surface area contributed by atoms with Gasteiger partial charge < -0.3 is 9.80 Å². The van der Waals surface area contributed by atoms with Crippen LogP contribution in [0.3, 0.4) is 0 Å². The number of hydrogen-bond donors (Lipinski definition) is 0. The van der Waals surface area contributed by atoms with E-state index < -0.39 is 0 Å². The number of fused-ring (bicyclic) bond motifs is 1. The van der Waals surface area contributed by atoms with Gasteiger partial charge in [-0.05, 0) is 71.9 Å². The Morgan fingerprint density at radius 1 is 0.967 bits per heavy atom. The summed E-state index contributed by atoms with van der Waals surface area (Å²) >= 11 is 0. The van der Waals surface area contributed by atoms with E-state index >= 15 is 0 Å². The highest BCUT2D eigenvalue weighted by atomic mass is 15.3. The van der Waals surface area contributed by atoms with Gasteiger partial charge in [-0.15, -0.1) is 0 Å². The fourth-order valence-electron chi connectivity index (χ4n) is 5.16.